The Bertz CT molecular complexity index is 1400. The van der Waals surface area contributed by atoms with E-state index in [9.17, 15) is 4.79 Å². The smallest absolute Gasteiger partial charge is 0.341 e. The van der Waals surface area contributed by atoms with Gasteiger partial charge in [-0.1, -0.05) is 73.7 Å². The fourth-order valence-electron chi connectivity index (χ4n) is 4.87. The number of carbonyl (C=O) groups is 1. The summed E-state index contributed by atoms with van der Waals surface area (Å²) in [5, 5.41) is 14.2. The minimum absolute atomic E-state index is 0.373. The number of carboxylic acids is 1. The molecule has 36 heavy (non-hydrogen) atoms. The summed E-state index contributed by atoms with van der Waals surface area (Å²) in [5.74, 6) is -0.473. The third-order valence-electron chi connectivity index (χ3n) is 6.51. The van der Waals surface area contributed by atoms with E-state index in [1.165, 1.54) is 22.4 Å². The van der Waals surface area contributed by atoms with Crippen molar-refractivity contribution in [3.05, 3.63) is 102 Å². The van der Waals surface area contributed by atoms with Gasteiger partial charge in [0, 0.05) is 11.1 Å². The highest BCUT2D eigenvalue weighted by molar-refractivity contribution is 5.88. The number of aromatic nitrogens is 2. The van der Waals surface area contributed by atoms with Crippen molar-refractivity contribution in [1.29, 1.82) is 0 Å². The molecule has 0 amide bonds. The first-order chi connectivity index (χ1) is 17.7. The molecule has 2 aliphatic rings. The van der Waals surface area contributed by atoms with Gasteiger partial charge >= 0.3 is 5.97 Å². The van der Waals surface area contributed by atoms with Gasteiger partial charge in [0.05, 0.1) is 11.4 Å². The van der Waals surface area contributed by atoms with Crippen LogP contribution >= 0.6 is 0 Å². The summed E-state index contributed by atoms with van der Waals surface area (Å²) in [4.78, 5) is 11.0. The summed E-state index contributed by atoms with van der Waals surface area (Å²) in [6.07, 6.45) is 18.5. The van der Waals surface area contributed by atoms with Crippen molar-refractivity contribution in [2.45, 2.75) is 39.0 Å². The number of benzene rings is 2. The van der Waals surface area contributed by atoms with Gasteiger partial charge in [-0.2, -0.15) is 5.10 Å². The fraction of sp³-hybridized carbons (Fsp3) is 0.226. The number of carboxylic acid groups (broad SMARTS) is 1. The van der Waals surface area contributed by atoms with Crippen molar-refractivity contribution >= 4 is 17.1 Å². The fourth-order valence-corrected chi connectivity index (χ4v) is 4.87. The van der Waals surface area contributed by atoms with Crippen LogP contribution in [0.15, 0.2) is 85.0 Å². The lowest BCUT2D eigenvalue weighted by Gasteiger charge is -2.15. The number of para-hydroxylation sites is 1. The van der Waals surface area contributed by atoms with Crippen LogP contribution in [-0.4, -0.2) is 27.5 Å². The molecule has 0 aliphatic heterocycles. The molecule has 0 unspecified atom stereocenters. The molecule has 0 bridgehead atoms. The monoisotopic (exact) mass is 478 g/mol. The van der Waals surface area contributed by atoms with Gasteiger partial charge in [0.15, 0.2) is 6.61 Å². The maximum Gasteiger partial charge on any atom is 0.341 e. The van der Waals surface area contributed by atoms with E-state index >= 15 is 0 Å². The third kappa shape index (κ3) is 4.82. The molecule has 2 aliphatic carbocycles. The molecule has 5 nitrogen and oxygen atoms in total. The zero-order valence-corrected chi connectivity index (χ0v) is 20.5. The average molecular weight is 479 g/mol. The van der Waals surface area contributed by atoms with E-state index in [1.54, 1.807) is 6.07 Å². The second-order valence-electron chi connectivity index (χ2n) is 8.94. The standard InChI is InChI=1S/C31H30N2O3/c1-2-27-30(22-12-5-3-6-13-22)31(23-14-7-4-8-15-23)32-33(27)28-19-10-9-18-26(28)24-16-11-17-25(20-24)36-21-29(34)35/h5,7,9-20H,2-4,6,8,21H2,1H3,(H,34,35). The molecule has 0 saturated carbocycles. The number of aliphatic carboxylic acids is 1. The van der Waals surface area contributed by atoms with Gasteiger partial charge in [-0.3, -0.25) is 0 Å². The highest BCUT2D eigenvalue weighted by atomic mass is 16.5. The SMILES string of the molecule is CCc1c(C2=CCCC=C2)c(C2=CCCC=C2)nn1-c1ccccc1-c1cccc(OCC(=O)O)c1. The van der Waals surface area contributed by atoms with E-state index < -0.39 is 5.97 Å². The number of hydrogen-bond acceptors (Lipinski definition) is 3. The Morgan fingerprint density at radius 3 is 2.42 bits per heavy atom. The summed E-state index contributed by atoms with van der Waals surface area (Å²) in [6, 6.07) is 15.8. The van der Waals surface area contributed by atoms with Gasteiger partial charge in [-0.05, 0) is 67.0 Å². The number of ether oxygens (including phenoxy) is 1. The Labute approximate surface area is 211 Å². The predicted octanol–water partition coefficient (Wildman–Crippen LogP) is 7.03. The number of rotatable bonds is 8. The molecule has 0 fully saturated rings. The Balaban J connectivity index is 1.67. The van der Waals surface area contributed by atoms with Crippen LogP contribution in [0.3, 0.4) is 0 Å². The van der Waals surface area contributed by atoms with Gasteiger partial charge in [-0.25, -0.2) is 9.48 Å². The van der Waals surface area contributed by atoms with Crippen LogP contribution in [0.25, 0.3) is 28.0 Å². The summed E-state index contributed by atoms with van der Waals surface area (Å²) in [6.45, 7) is 1.81. The molecule has 0 atom stereocenters. The van der Waals surface area contributed by atoms with E-state index in [4.69, 9.17) is 14.9 Å². The normalized spacial score (nSPS) is 14.9. The van der Waals surface area contributed by atoms with E-state index in [1.807, 2.05) is 30.3 Å². The van der Waals surface area contributed by atoms with Gasteiger partial charge in [-0.15, -0.1) is 0 Å². The molecule has 3 aromatic rings. The molecule has 0 spiro atoms. The van der Waals surface area contributed by atoms with Crippen LogP contribution in [-0.2, 0) is 11.2 Å². The lowest BCUT2D eigenvalue weighted by Crippen LogP contribution is -2.09. The highest BCUT2D eigenvalue weighted by Crippen LogP contribution is 2.37. The third-order valence-corrected chi connectivity index (χ3v) is 6.51. The summed E-state index contributed by atoms with van der Waals surface area (Å²) in [7, 11) is 0. The van der Waals surface area contributed by atoms with E-state index in [0.717, 1.165) is 54.6 Å². The molecule has 0 saturated heterocycles. The molecule has 5 rings (SSSR count). The molecule has 1 heterocycles. The van der Waals surface area contributed by atoms with Crippen molar-refractivity contribution in [3.8, 4) is 22.6 Å². The van der Waals surface area contributed by atoms with Crippen LogP contribution in [0.4, 0.5) is 0 Å². The molecule has 0 radical (unpaired) electrons. The van der Waals surface area contributed by atoms with Crippen LogP contribution in [0.5, 0.6) is 5.75 Å². The number of allylic oxidation sites excluding steroid dienone is 8. The van der Waals surface area contributed by atoms with Crippen molar-refractivity contribution in [2.75, 3.05) is 6.61 Å². The quantitative estimate of drug-likeness (QED) is 0.377. The maximum absolute atomic E-state index is 11.0. The molecule has 2 aromatic carbocycles. The summed E-state index contributed by atoms with van der Waals surface area (Å²) in [5.41, 5.74) is 8.75. The lowest BCUT2D eigenvalue weighted by atomic mass is 9.92. The summed E-state index contributed by atoms with van der Waals surface area (Å²) < 4.78 is 7.54. The molecule has 5 heteroatoms. The first-order valence-corrected chi connectivity index (χ1v) is 12.6. The number of hydrogen-bond donors (Lipinski definition) is 1. The average Bonchev–Trinajstić information content (AvgIpc) is 3.32. The predicted molar refractivity (Wildman–Crippen MR) is 144 cm³/mol. The molecular formula is C31H30N2O3. The first-order valence-electron chi connectivity index (χ1n) is 12.6. The van der Waals surface area contributed by atoms with E-state index in [0.29, 0.717) is 5.75 Å². The van der Waals surface area contributed by atoms with Gasteiger partial charge in [0.2, 0.25) is 0 Å². The first kappa shape index (κ1) is 23.6. The molecule has 182 valence electrons. The van der Waals surface area contributed by atoms with Crippen molar-refractivity contribution in [1.82, 2.24) is 9.78 Å². The molecular weight excluding hydrogens is 448 g/mol. The van der Waals surface area contributed by atoms with Gasteiger partial charge < -0.3 is 9.84 Å². The molecule has 1 aromatic heterocycles. The molecule has 1 N–H and O–H groups in total. The Hall–Kier alpha value is -4.12. The zero-order valence-electron chi connectivity index (χ0n) is 20.5. The Kier molecular flexibility index (Phi) is 6.99. The second kappa shape index (κ2) is 10.6. The highest BCUT2D eigenvalue weighted by Gasteiger charge is 2.24. The van der Waals surface area contributed by atoms with Crippen LogP contribution < -0.4 is 4.74 Å². The minimum atomic E-state index is -0.998. The van der Waals surface area contributed by atoms with Crippen molar-refractivity contribution in [2.24, 2.45) is 0 Å². The van der Waals surface area contributed by atoms with Gasteiger partial charge in [0.1, 0.15) is 11.4 Å². The maximum atomic E-state index is 11.0. The topological polar surface area (TPSA) is 64.4 Å². The van der Waals surface area contributed by atoms with Crippen LogP contribution in [0, 0.1) is 0 Å². The Morgan fingerprint density at radius 2 is 1.72 bits per heavy atom. The van der Waals surface area contributed by atoms with Crippen LogP contribution in [0.2, 0.25) is 0 Å². The largest absolute Gasteiger partial charge is 0.482 e. The Morgan fingerprint density at radius 1 is 0.972 bits per heavy atom. The second-order valence-corrected chi connectivity index (χ2v) is 8.94. The van der Waals surface area contributed by atoms with E-state index in [-0.39, 0.29) is 6.61 Å². The zero-order chi connectivity index (χ0) is 24.9. The minimum Gasteiger partial charge on any atom is -0.482 e. The van der Waals surface area contributed by atoms with Crippen molar-refractivity contribution in [3.63, 3.8) is 0 Å². The van der Waals surface area contributed by atoms with Crippen LogP contribution in [0.1, 0.15) is 49.6 Å². The van der Waals surface area contributed by atoms with Crippen molar-refractivity contribution < 1.29 is 14.6 Å². The number of nitrogens with zero attached hydrogens (tertiary/aromatic N) is 2. The van der Waals surface area contributed by atoms with E-state index in [2.05, 4.69) is 60.2 Å². The van der Waals surface area contributed by atoms with Gasteiger partial charge in [0.25, 0.3) is 0 Å². The lowest BCUT2D eigenvalue weighted by molar-refractivity contribution is -0.139. The summed E-state index contributed by atoms with van der Waals surface area (Å²) >= 11 is 0.